The molecule has 0 rings (SSSR count). The summed E-state index contributed by atoms with van der Waals surface area (Å²) in [5, 5.41) is -3.50. The van der Waals surface area contributed by atoms with Crippen LogP contribution >= 0.6 is 12.6 Å². The van der Waals surface area contributed by atoms with Gasteiger partial charge in [0.2, 0.25) is 0 Å². The fourth-order valence-electron chi connectivity index (χ4n) is 0.959. The third-order valence-electron chi connectivity index (χ3n) is 1.75. The van der Waals surface area contributed by atoms with E-state index in [1.165, 1.54) is 0 Å². The Bertz CT molecular complexity index is 386. The molecular weight excluding hydrogens is 294 g/mol. The summed E-state index contributed by atoms with van der Waals surface area (Å²) < 4.78 is 39.7. The number of thiol groups is 1. The molecule has 0 aliphatic carbocycles. The van der Waals surface area contributed by atoms with E-state index in [0.29, 0.717) is 0 Å². The van der Waals surface area contributed by atoms with Crippen molar-refractivity contribution in [2.45, 2.75) is 44.3 Å². The zero-order chi connectivity index (χ0) is 16.2. The van der Waals surface area contributed by atoms with Crippen molar-refractivity contribution in [3.05, 3.63) is 12.7 Å². The Morgan fingerprint density at radius 1 is 1.20 bits per heavy atom. The van der Waals surface area contributed by atoms with Crippen molar-refractivity contribution in [2.75, 3.05) is 6.61 Å². The SMILES string of the molecule is C=CC(=O)OC(C)(OCC(F)(F)S)C(=O)OC(C)(C)C. The van der Waals surface area contributed by atoms with E-state index in [4.69, 9.17) is 4.74 Å². The molecule has 0 N–H and O–H groups in total. The van der Waals surface area contributed by atoms with Gasteiger partial charge in [-0.05, 0) is 20.8 Å². The largest absolute Gasteiger partial charge is 0.455 e. The second kappa shape index (κ2) is 6.53. The third-order valence-corrected chi connectivity index (χ3v) is 1.88. The minimum absolute atomic E-state index is 0.769. The standard InChI is InChI=1S/C12H18F2O5S/c1-6-8(15)18-11(5,17-7-12(13,14)20)9(16)19-10(2,3)4/h6,20H,1,7H2,2-5H3. The van der Waals surface area contributed by atoms with Crippen LogP contribution in [0.3, 0.4) is 0 Å². The van der Waals surface area contributed by atoms with Crippen LogP contribution in [0.15, 0.2) is 12.7 Å². The summed E-state index contributed by atoms with van der Waals surface area (Å²) in [6.45, 7) is 7.59. The molecule has 5 nitrogen and oxygen atoms in total. The van der Waals surface area contributed by atoms with Gasteiger partial charge in [-0.1, -0.05) is 6.58 Å². The highest BCUT2D eigenvalue weighted by Gasteiger charge is 2.44. The lowest BCUT2D eigenvalue weighted by atomic mass is 10.2. The summed E-state index contributed by atoms with van der Waals surface area (Å²) >= 11 is 2.96. The molecule has 0 fully saturated rings. The summed E-state index contributed by atoms with van der Waals surface area (Å²) in [4.78, 5) is 23.1. The van der Waals surface area contributed by atoms with Crippen molar-refractivity contribution in [1.82, 2.24) is 0 Å². The lowest BCUT2D eigenvalue weighted by molar-refractivity contribution is -0.249. The molecule has 0 heterocycles. The number of esters is 2. The zero-order valence-corrected chi connectivity index (χ0v) is 12.6. The fraction of sp³-hybridized carbons (Fsp3) is 0.667. The van der Waals surface area contributed by atoms with Gasteiger partial charge in [0, 0.05) is 13.0 Å². The predicted molar refractivity (Wildman–Crippen MR) is 70.4 cm³/mol. The number of hydrogen-bond acceptors (Lipinski definition) is 6. The Morgan fingerprint density at radius 2 is 1.70 bits per heavy atom. The van der Waals surface area contributed by atoms with E-state index in [0.717, 1.165) is 13.0 Å². The van der Waals surface area contributed by atoms with Gasteiger partial charge in [-0.15, -0.1) is 12.6 Å². The molecule has 0 bridgehead atoms. The van der Waals surface area contributed by atoms with Gasteiger partial charge in [0.25, 0.3) is 0 Å². The second-order valence-electron chi connectivity index (χ2n) is 5.03. The molecule has 20 heavy (non-hydrogen) atoms. The molecular formula is C12H18F2O5S. The fourth-order valence-corrected chi connectivity index (χ4v) is 1.02. The Labute approximate surface area is 121 Å². The molecule has 0 amide bonds. The van der Waals surface area contributed by atoms with E-state index in [1.807, 2.05) is 0 Å². The van der Waals surface area contributed by atoms with Gasteiger partial charge in [0.15, 0.2) is 0 Å². The van der Waals surface area contributed by atoms with Gasteiger partial charge in [-0.25, -0.2) is 9.59 Å². The van der Waals surface area contributed by atoms with Gasteiger partial charge in [0.05, 0.1) is 0 Å². The molecule has 0 saturated heterocycles. The van der Waals surface area contributed by atoms with Crippen LogP contribution in [-0.2, 0) is 23.8 Å². The molecule has 0 aliphatic rings. The molecule has 116 valence electrons. The van der Waals surface area contributed by atoms with E-state index in [-0.39, 0.29) is 0 Å². The molecule has 0 radical (unpaired) electrons. The number of carbonyl (C=O) groups is 2. The van der Waals surface area contributed by atoms with Crippen molar-refractivity contribution in [1.29, 1.82) is 0 Å². The van der Waals surface area contributed by atoms with Crippen LogP contribution in [0.4, 0.5) is 8.78 Å². The number of rotatable bonds is 6. The maximum atomic E-state index is 12.7. The highest BCUT2D eigenvalue weighted by atomic mass is 32.1. The number of halogens is 2. The Morgan fingerprint density at radius 3 is 2.05 bits per heavy atom. The summed E-state index contributed by atoms with van der Waals surface area (Å²) in [6, 6.07) is 0. The van der Waals surface area contributed by atoms with Gasteiger partial charge in [-0.2, -0.15) is 8.78 Å². The van der Waals surface area contributed by atoms with Crippen LogP contribution in [-0.4, -0.2) is 35.2 Å². The molecule has 1 unspecified atom stereocenters. The first-order chi connectivity index (χ1) is 8.79. The first-order valence-electron chi connectivity index (χ1n) is 5.62. The smallest absolute Gasteiger partial charge is 0.380 e. The van der Waals surface area contributed by atoms with Crippen LogP contribution < -0.4 is 0 Å². The summed E-state index contributed by atoms with van der Waals surface area (Å²) in [6.07, 6.45) is 0.769. The highest BCUT2D eigenvalue weighted by molar-refractivity contribution is 7.81. The topological polar surface area (TPSA) is 61.8 Å². The van der Waals surface area contributed by atoms with Crippen LogP contribution in [0.5, 0.6) is 0 Å². The van der Waals surface area contributed by atoms with E-state index in [9.17, 15) is 18.4 Å². The average Bonchev–Trinajstić information content (AvgIpc) is 2.23. The number of ether oxygens (including phenoxy) is 3. The Balaban J connectivity index is 5.08. The van der Waals surface area contributed by atoms with Crippen LogP contribution in [0, 0.1) is 0 Å². The van der Waals surface area contributed by atoms with E-state index in [1.54, 1.807) is 20.8 Å². The van der Waals surface area contributed by atoms with Crippen LogP contribution in [0.25, 0.3) is 0 Å². The number of hydrogen-bond donors (Lipinski definition) is 1. The average molecular weight is 312 g/mol. The van der Waals surface area contributed by atoms with Gasteiger partial charge >= 0.3 is 23.0 Å². The van der Waals surface area contributed by atoms with Crippen molar-refractivity contribution in [3.63, 3.8) is 0 Å². The molecule has 0 aromatic carbocycles. The maximum Gasteiger partial charge on any atom is 0.380 e. The number of alkyl halides is 2. The molecule has 0 aliphatic heterocycles. The van der Waals surface area contributed by atoms with E-state index >= 15 is 0 Å². The Kier molecular flexibility index (Phi) is 6.16. The highest BCUT2D eigenvalue weighted by Crippen LogP contribution is 2.25. The second-order valence-corrected chi connectivity index (χ2v) is 5.68. The van der Waals surface area contributed by atoms with Gasteiger partial charge in [0.1, 0.15) is 12.2 Å². The quantitative estimate of drug-likeness (QED) is 0.353. The molecule has 0 spiro atoms. The first-order valence-corrected chi connectivity index (χ1v) is 6.07. The molecule has 8 heteroatoms. The lowest BCUT2D eigenvalue weighted by Crippen LogP contribution is -2.48. The lowest BCUT2D eigenvalue weighted by Gasteiger charge is -2.31. The summed E-state index contributed by atoms with van der Waals surface area (Å²) in [7, 11) is 0. The zero-order valence-electron chi connectivity index (χ0n) is 11.7. The van der Waals surface area contributed by atoms with E-state index < -0.39 is 35.2 Å². The summed E-state index contributed by atoms with van der Waals surface area (Å²) in [5.41, 5.74) is -0.911. The predicted octanol–water partition coefficient (Wildman–Crippen LogP) is 2.31. The van der Waals surface area contributed by atoms with Crippen molar-refractivity contribution in [2.24, 2.45) is 0 Å². The summed E-state index contributed by atoms with van der Waals surface area (Å²) in [5.74, 6) is -4.44. The third kappa shape index (κ3) is 7.44. The number of carbonyl (C=O) groups excluding carboxylic acids is 2. The Hall–Kier alpha value is -1.15. The molecule has 1 atom stereocenters. The molecule has 0 saturated carbocycles. The van der Waals surface area contributed by atoms with Gasteiger partial charge in [-0.3, -0.25) is 0 Å². The molecule has 0 aromatic heterocycles. The molecule has 0 aromatic rings. The maximum absolute atomic E-state index is 12.7. The minimum Gasteiger partial charge on any atom is -0.455 e. The van der Waals surface area contributed by atoms with Crippen molar-refractivity contribution >= 4 is 24.6 Å². The van der Waals surface area contributed by atoms with E-state index in [2.05, 4.69) is 28.7 Å². The van der Waals surface area contributed by atoms with Crippen LogP contribution in [0.2, 0.25) is 0 Å². The van der Waals surface area contributed by atoms with Crippen molar-refractivity contribution in [3.8, 4) is 0 Å². The monoisotopic (exact) mass is 312 g/mol. The van der Waals surface area contributed by atoms with Crippen LogP contribution in [0.1, 0.15) is 27.7 Å². The normalized spacial score (nSPS) is 15.2. The minimum atomic E-state index is -3.50. The first kappa shape index (κ1) is 18.9. The van der Waals surface area contributed by atoms with Gasteiger partial charge < -0.3 is 14.2 Å². The van der Waals surface area contributed by atoms with Crippen molar-refractivity contribution < 1.29 is 32.6 Å².